The number of halogens is 2. The second kappa shape index (κ2) is 13.8. The van der Waals surface area contributed by atoms with Gasteiger partial charge in [0.25, 0.3) is 0 Å². The summed E-state index contributed by atoms with van der Waals surface area (Å²) in [6.07, 6.45) is 0. The second-order valence-corrected chi connectivity index (χ2v) is 10.4. The Kier molecular flexibility index (Phi) is 11.6. The van der Waals surface area contributed by atoms with E-state index in [0.29, 0.717) is 0 Å². The summed E-state index contributed by atoms with van der Waals surface area (Å²) in [6, 6.07) is 35.7. The van der Waals surface area contributed by atoms with Crippen LogP contribution in [0.15, 0.2) is 97.1 Å². The average Bonchev–Trinajstić information content (AvgIpc) is 3.45. The minimum atomic E-state index is 0. The van der Waals surface area contributed by atoms with E-state index in [1.807, 2.05) is 0 Å². The average molecular weight is 716 g/mol. The van der Waals surface area contributed by atoms with Gasteiger partial charge in [0, 0.05) is 0 Å². The van der Waals surface area contributed by atoms with E-state index >= 15 is 0 Å². The predicted molar refractivity (Wildman–Crippen MR) is 158 cm³/mol. The molecule has 0 saturated heterocycles. The van der Waals surface area contributed by atoms with Crippen LogP contribution in [-0.2, 0) is 25.8 Å². The molecule has 3 heteroatoms. The molecule has 39 heavy (non-hydrogen) atoms. The van der Waals surface area contributed by atoms with E-state index in [9.17, 15) is 0 Å². The molecule has 0 amide bonds. The molecule has 0 nitrogen and oxygen atoms in total. The molecule has 0 atom stereocenters. The molecule has 0 heterocycles. The molecule has 0 radical (unpaired) electrons. The van der Waals surface area contributed by atoms with Crippen molar-refractivity contribution in [2.75, 3.05) is 0 Å². The summed E-state index contributed by atoms with van der Waals surface area (Å²) in [4.78, 5) is 0. The molecule has 0 aliphatic heterocycles. The van der Waals surface area contributed by atoms with E-state index in [0.717, 1.165) is 0 Å². The van der Waals surface area contributed by atoms with Crippen LogP contribution in [0, 0.1) is 41.5 Å². The number of hydrogen-bond donors (Lipinski definition) is 0. The SMILES string of the molecule is Cc1ccc(-c2cc3cc(C)c(C)cc3[cH-]2)cc1.Cc1ccc(-c2cc3cc(C)c(C)cc3[cH-]2)cc1.[Cl-].[Cl-].[Hf+4]. The molecular weight excluding hydrogens is 682 g/mol. The maximum Gasteiger partial charge on any atom is 4.00 e. The zero-order chi connectivity index (χ0) is 25.4. The van der Waals surface area contributed by atoms with Crippen LogP contribution in [0.25, 0.3) is 43.8 Å². The van der Waals surface area contributed by atoms with Crippen LogP contribution < -0.4 is 24.8 Å². The first-order chi connectivity index (χ1) is 17.3. The molecule has 0 unspecified atom stereocenters. The predicted octanol–water partition coefficient (Wildman–Crippen LogP) is 4.31. The van der Waals surface area contributed by atoms with Gasteiger partial charge in [-0.25, -0.2) is 0 Å². The van der Waals surface area contributed by atoms with Gasteiger partial charge in [-0.3, -0.25) is 0 Å². The molecule has 6 aromatic carbocycles. The van der Waals surface area contributed by atoms with Crippen LogP contribution in [0.4, 0.5) is 0 Å². The quantitative estimate of drug-likeness (QED) is 0.186. The van der Waals surface area contributed by atoms with Crippen molar-refractivity contribution in [1.29, 1.82) is 0 Å². The van der Waals surface area contributed by atoms with Crippen molar-refractivity contribution in [3.8, 4) is 22.3 Å². The van der Waals surface area contributed by atoms with Gasteiger partial charge in [-0.1, -0.05) is 105 Å². The molecule has 0 fully saturated rings. The van der Waals surface area contributed by atoms with Gasteiger partial charge in [-0.15, -0.1) is 69.1 Å². The van der Waals surface area contributed by atoms with Gasteiger partial charge in [0.05, 0.1) is 0 Å². The van der Waals surface area contributed by atoms with E-state index in [1.165, 1.54) is 77.2 Å². The summed E-state index contributed by atoms with van der Waals surface area (Å²) < 4.78 is 0. The number of rotatable bonds is 2. The largest absolute Gasteiger partial charge is 4.00 e. The fourth-order valence-corrected chi connectivity index (χ4v) is 4.80. The van der Waals surface area contributed by atoms with Gasteiger partial charge >= 0.3 is 25.8 Å². The van der Waals surface area contributed by atoms with E-state index in [-0.39, 0.29) is 50.7 Å². The zero-order valence-electron chi connectivity index (χ0n) is 23.5. The van der Waals surface area contributed by atoms with Crippen molar-refractivity contribution < 1.29 is 50.7 Å². The van der Waals surface area contributed by atoms with Crippen molar-refractivity contribution in [2.45, 2.75) is 41.5 Å². The first-order valence-electron chi connectivity index (χ1n) is 12.8. The Balaban J connectivity index is 0.000000254. The summed E-state index contributed by atoms with van der Waals surface area (Å²) in [5.41, 5.74) is 13.3. The number of fused-ring (bicyclic) bond motifs is 2. The maximum atomic E-state index is 2.28. The van der Waals surface area contributed by atoms with E-state index in [1.54, 1.807) is 0 Å². The Hall–Kier alpha value is -2.45. The fourth-order valence-electron chi connectivity index (χ4n) is 4.80. The number of aryl methyl sites for hydroxylation is 6. The standard InChI is InChI=1S/2C18H17.2ClH.Hf/c2*1-12-4-6-15(7-5-12)18-10-16-8-13(2)14(3)9-17(16)11-18;;;/h2*4-11H,1-3H3;2*1H;/q2*-1;;;+4/p-2. The fraction of sp³-hybridized carbons (Fsp3) is 0.167. The van der Waals surface area contributed by atoms with Crippen LogP contribution in [0.3, 0.4) is 0 Å². The summed E-state index contributed by atoms with van der Waals surface area (Å²) in [7, 11) is 0. The topological polar surface area (TPSA) is 0 Å². The molecule has 0 N–H and O–H groups in total. The first-order valence-corrected chi connectivity index (χ1v) is 12.8. The Morgan fingerprint density at radius 2 is 0.718 bits per heavy atom. The van der Waals surface area contributed by atoms with Crippen LogP contribution >= 0.6 is 0 Å². The van der Waals surface area contributed by atoms with Crippen LogP contribution in [-0.4, -0.2) is 0 Å². The minimum absolute atomic E-state index is 0. The second-order valence-electron chi connectivity index (χ2n) is 10.4. The van der Waals surface area contributed by atoms with E-state index < -0.39 is 0 Å². The van der Waals surface area contributed by atoms with Crippen LogP contribution in [0.2, 0.25) is 0 Å². The van der Waals surface area contributed by atoms with Gasteiger partial charge in [-0.2, -0.15) is 0 Å². The van der Waals surface area contributed by atoms with Crippen molar-refractivity contribution in [3.63, 3.8) is 0 Å². The summed E-state index contributed by atoms with van der Waals surface area (Å²) in [6.45, 7) is 12.9. The Morgan fingerprint density at radius 1 is 0.410 bits per heavy atom. The third kappa shape index (κ3) is 7.40. The Morgan fingerprint density at radius 3 is 1.05 bits per heavy atom. The van der Waals surface area contributed by atoms with Crippen molar-refractivity contribution in [2.24, 2.45) is 0 Å². The monoisotopic (exact) mass is 716 g/mol. The van der Waals surface area contributed by atoms with Gasteiger partial charge in [0.2, 0.25) is 0 Å². The van der Waals surface area contributed by atoms with Gasteiger partial charge in [0.1, 0.15) is 0 Å². The molecule has 0 bridgehead atoms. The van der Waals surface area contributed by atoms with Crippen LogP contribution in [0.5, 0.6) is 0 Å². The van der Waals surface area contributed by atoms with Gasteiger partial charge in [0.15, 0.2) is 0 Å². The van der Waals surface area contributed by atoms with Crippen molar-refractivity contribution >= 4 is 21.5 Å². The van der Waals surface area contributed by atoms with Crippen molar-refractivity contribution in [1.82, 2.24) is 0 Å². The smallest absolute Gasteiger partial charge is 1.00 e. The number of benzene rings is 4. The molecular formula is C36H34Cl2Hf. The molecule has 6 aromatic rings. The molecule has 0 aliphatic carbocycles. The van der Waals surface area contributed by atoms with Crippen molar-refractivity contribution in [3.05, 3.63) is 130 Å². The third-order valence-corrected chi connectivity index (χ3v) is 7.41. The molecule has 6 rings (SSSR count). The third-order valence-electron chi connectivity index (χ3n) is 7.41. The number of hydrogen-bond acceptors (Lipinski definition) is 0. The Labute approximate surface area is 264 Å². The zero-order valence-corrected chi connectivity index (χ0v) is 28.6. The van der Waals surface area contributed by atoms with Gasteiger partial charge < -0.3 is 24.8 Å². The summed E-state index contributed by atoms with van der Waals surface area (Å²) in [5.74, 6) is 0. The maximum absolute atomic E-state index is 2.28. The van der Waals surface area contributed by atoms with Gasteiger partial charge in [-0.05, 0) is 41.5 Å². The van der Waals surface area contributed by atoms with E-state index in [4.69, 9.17) is 0 Å². The molecule has 0 spiro atoms. The van der Waals surface area contributed by atoms with E-state index in [2.05, 4.69) is 139 Å². The minimum Gasteiger partial charge on any atom is -1.00 e. The molecule has 0 saturated carbocycles. The molecule has 0 aliphatic rings. The normalized spacial score (nSPS) is 10.2. The summed E-state index contributed by atoms with van der Waals surface area (Å²) >= 11 is 0. The van der Waals surface area contributed by atoms with Crippen LogP contribution in [0.1, 0.15) is 33.4 Å². The summed E-state index contributed by atoms with van der Waals surface area (Å²) in [5, 5.41) is 5.37. The first kappa shape index (κ1) is 32.8. The Bertz CT molecular complexity index is 1460. The molecule has 196 valence electrons. The molecule has 0 aromatic heterocycles.